The highest BCUT2D eigenvalue weighted by Crippen LogP contribution is 1.81. The third-order valence-corrected chi connectivity index (χ3v) is 0.703. The normalized spacial score (nSPS) is 15.6. The summed E-state index contributed by atoms with van der Waals surface area (Å²) in [4.78, 5) is 3.97. The van der Waals surface area contributed by atoms with Gasteiger partial charge in [0.05, 0.1) is 6.17 Å². The minimum atomic E-state index is -0.104. The summed E-state index contributed by atoms with van der Waals surface area (Å²) in [5, 5.41) is 0. The van der Waals surface area contributed by atoms with Crippen LogP contribution in [0.1, 0.15) is 13.8 Å². The summed E-state index contributed by atoms with van der Waals surface area (Å²) in [6.07, 6.45) is 1.58. The van der Waals surface area contributed by atoms with E-state index < -0.39 is 0 Å². The second kappa shape index (κ2) is 3.38. The van der Waals surface area contributed by atoms with Crippen molar-refractivity contribution in [2.45, 2.75) is 20.0 Å². The van der Waals surface area contributed by atoms with Crippen molar-refractivity contribution >= 4 is 5.71 Å². The van der Waals surface area contributed by atoms with Crippen molar-refractivity contribution in [3.05, 3.63) is 12.7 Å². The Labute approximate surface area is 50.1 Å². The minimum absolute atomic E-state index is 0.104. The molecule has 46 valence electrons. The van der Waals surface area contributed by atoms with Crippen molar-refractivity contribution in [3.63, 3.8) is 0 Å². The Morgan fingerprint density at radius 2 is 2.38 bits per heavy atom. The predicted octanol–water partition coefficient (Wildman–Crippen LogP) is 0.938. The molecule has 0 aliphatic rings. The predicted molar refractivity (Wildman–Crippen MR) is 37.0 cm³/mol. The Morgan fingerprint density at radius 3 is 2.50 bits per heavy atom. The molecular weight excluding hydrogens is 100 g/mol. The second-order valence-electron chi connectivity index (χ2n) is 1.72. The topological polar surface area (TPSA) is 38.4 Å². The first-order chi connectivity index (χ1) is 3.66. The van der Waals surface area contributed by atoms with Gasteiger partial charge in [0.15, 0.2) is 0 Å². The van der Waals surface area contributed by atoms with Gasteiger partial charge in [-0.1, -0.05) is 6.58 Å². The molecule has 0 aromatic heterocycles. The molecule has 0 spiro atoms. The van der Waals surface area contributed by atoms with Crippen LogP contribution >= 0.6 is 0 Å². The van der Waals surface area contributed by atoms with Crippen LogP contribution in [0.5, 0.6) is 0 Å². The number of nitrogens with zero attached hydrogens (tertiary/aromatic N) is 1. The largest absolute Gasteiger partial charge is 0.310 e. The number of hydrogen-bond donors (Lipinski definition) is 1. The molecule has 0 heterocycles. The summed E-state index contributed by atoms with van der Waals surface area (Å²) < 4.78 is 0. The molecule has 0 aliphatic carbocycles. The maximum atomic E-state index is 5.33. The van der Waals surface area contributed by atoms with E-state index in [4.69, 9.17) is 5.73 Å². The lowest BCUT2D eigenvalue weighted by molar-refractivity contribution is 0.793. The van der Waals surface area contributed by atoms with Crippen molar-refractivity contribution in [2.75, 3.05) is 0 Å². The van der Waals surface area contributed by atoms with Crippen LogP contribution in [0.15, 0.2) is 17.6 Å². The molecule has 0 radical (unpaired) electrons. The summed E-state index contributed by atoms with van der Waals surface area (Å²) >= 11 is 0. The van der Waals surface area contributed by atoms with E-state index in [9.17, 15) is 0 Å². The van der Waals surface area contributed by atoms with Gasteiger partial charge in [0.25, 0.3) is 0 Å². The number of aliphatic imine (C=N–C) groups is 1. The van der Waals surface area contributed by atoms with Crippen LogP contribution in [0.25, 0.3) is 0 Å². The average Bonchev–Trinajstić information content (AvgIpc) is 1.65. The molecular formula is C6H12N2. The Kier molecular flexibility index (Phi) is 3.12. The maximum absolute atomic E-state index is 5.33. The minimum Gasteiger partial charge on any atom is -0.310 e. The first-order valence-corrected chi connectivity index (χ1v) is 2.59. The maximum Gasteiger partial charge on any atom is 0.0943 e. The molecule has 0 aromatic carbocycles. The van der Waals surface area contributed by atoms with E-state index in [0.717, 1.165) is 5.71 Å². The fraction of sp³-hybridized carbons (Fsp3) is 0.500. The summed E-state index contributed by atoms with van der Waals surface area (Å²) in [6.45, 7) is 7.23. The Bertz CT molecular complexity index is 103. The number of rotatable bonds is 2. The molecule has 1 atom stereocenters. The fourth-order valence-corrected chi connectivity index (χ4v) is 0.374. The van der Waals surface area contributed by atoms with Gasteiger partial charge >= 0.3 is 0 Å². The Balaban J connectivity index is 3.74. The molecule has 2 N–H and O–H groups in total. The molecule has 2 nitrogen and oxygen atoms in total. The molecule has 2 heteroatoms. The van der Waals surface area contributed by atoms with Gasteiger partial charge in [0.2, 0.25) is 0 Å². The van der Waals surface area contributed by atoms with Crippen LogP contribution in [0, 0.1) is 0 Å². The molecule has 0 saturated heterocycles. The standard InChI is InChI=1S/C6H12N2/c1-4-5(2)8-6(3)7/h4,6H,1,7H2,2-3H3/b8-5-/t6-/m0/s1. The molecule has 0 rings (SSSR count). The van der Waals surface area contributed by atoms with Crippen LogP contribution in [0.3, 0.4) is 0 Å². The van der Waals surface area contributed by atoms with Crippen molar-refractivity contribution < 1.29 is 0 Å². The lowest BCUT2D eigenvalue weighted by atomic mass is 10.4. The fourth-order valence-electron chi connectivity index (χ4n) is 0.374. The number of allylic oxidation sites excluding steroid dienone is 1. The highest BCUT2D eigenvalue weighted by Gasteiger charge is 1.84. The second-order valence-corrected chi connectivity index (χ2v) is 1.72. The van der Waals surface area contributed by atoms with Crippen molar-refractivity contribution in [2.24, 2.45) is 10.7 Å². The molecule has 0 bridgehead atoms. The van der Waals surface area contributed by atoms with Crippen LogP contribution < -0.4 is 5.73 Å². The third-order valence-electron chi connectivity index (χ3n) is 0.703. The first kappa shape index (κ1) is 7.37. The van der Waals surface area contributed by atoms with E-state index in [1.807, 2.05) is 13.8 Å². The van der Waals surface area contributed by atoms with E-state index >= 15 is 0 Å². The Hall–Kier alpha value is -0.630. The van der Waals surface area contributed by atoms with Gasteiger partial charge in [-0.3, -0.25) is 4.99 Å². The van der Waals surface area contributed by atoms with Crippen LogP contribution in [-0.4, -0.2) is 11.9 Å². The SMILES string of the molecule is C=C/C(C)=N\[C@@H](C)N. The zero-order chi connectivity index (χ0) is 6.57. The quantitative estimate of drug-likeness (QED) is 0.530. The van der Waals surface area contributed by atoms with E-state index in [1.165, 1.54) is 0 Å². The molecule has 0 aliphatic heterocycles. The van der Waals surface area contributed by atoms with Gasteiger partial charge in [-0.2, -0.15) is 0 Å². The summed E-state index contributed by atoms with van der Waals surface area (Å²) in [5.41, 5.74) is 6.22. The van der Waals surface area contributed by atoms with E-state index in [0.29, 0.717) is 0 Å². The molecule has 0 saturated carbocycles. The Morgan fingerprint density at radius 1 is 1.88 bits per heavy atom. The van der Waals surface area contributed by atoms with E-state index in [2.05, 4.69) is 11.6 Å². The highest BCUT2D eigenvalue weighted by molar-refractivity contribution is 5.92. The van der Waals surface area contributed by atoms with Gasteiger partial charge < -0.3 is 5.73 Å². The molecule has 0 aromatic rings. The smallest absolute Gasteiger partial charge is 0.0943 e. The molecule has 0 fully saturated rings. The van der Waals surface area contributed by atoms with E-state index in [-0.39, 0.29) is 6.17 Å². The monoisotopic (exact) mass is 112 g/mol. The van der Waals surface area contributed by atoms with Crippen LogP contribution in [0.4, 0.5) is 0 Å². The van der Waals surface area contributed by atoms with Crippen molar-refractivity contribution in [1.82, 2.24) is 0 Å². The van der Waals surface area contributed by atoms with Gasteiger partial charge in [0, 0.05) is 5.71 Å². The van der Waals surface area contributed by atoms with Crippen molar-refractivity contribution in [1.29, 1.82) is 0 Å². The third kappa shape index (κ3) is 3.56. The zero-order valence-electron chi connectivity index (χ0n) is 5.39. The number of nitrogens with two attached hydrogens (primary N) is 1. The van der Waals surface area contributed by atoms with Gasteiger partial charge in [-0.25, -0.2) is 0 Å². The average molecular weight is 112 g/mol. The van der Waals surface area contributed by atoms with Gasteiger partial charge in [-0.05, 0) is 19.9 Å². The highest BCUT2D eigenvalue weighted by atomic mass is 14.9. The molecule has 0 unspecified atom stereocenters. The lowest BCUT2D eigenvalue weighted by Gasteiger charge is -1.95. The van der Waals surface area contributed by atoms with Gasteiger partial charge in [-0.15, -0.1) is 0 Å². The number of hydrogen-bond acceptors (Lipinski definition) is 2. The molecule has 8 heavy (non-hydrogen) atoms. The summed E-state index contributed by atoms with van der Waals surface area (Å²) in [5.74, 6) is 0. The lowest BCUT2D eigenvalue weighted by Crippen LogP contribution is -2.12. The first-order valence-electron chi connectivity index (χ1n) is 2.59. The van der Waals surface area contributed by atoms with E-state index in [1.54, 1.807) is 6.08 Å². The zero-order valence-corrected chi connectivity index (χ0v) is 5.39. The summed E-state index contributed by atoms with van der Waals surface area (Å²) in [6, 6.07) is 0. The van der Waals surface area contributed by atoms with Crippen LogP contribution in [0.2, 0.25) is 0 Å². The molecule has 0 amide bonds. The van der Waals surface area contributed by atoms with Gasteiger partial charge in [0.1, 0.15) is 0 Å². The van der Waals surface area contributed by atoms with Crippen molar-refractivity contribution in [3.8, 4) is 0 Å². The van der Waals surface area contributed by atoms with Crippen LogP contribution in [-0.2, 0) is 0 Å². The summed E-state index contributed by atoms with van der Waals surface area (Å²) in [7, 11) is 0.